The number of nitrogens with one attached hydrogen (secondary N) is 2. The highest BCUT2D eigenvalue weighted by atomic mass is 31.2. The first-order valence-corrected chi connectivity index (χ1v) is 13.7. The van der Waals surface area contributed by atoms with Crippen LogP contribution in [0.3, 0.4) is 0 Å². The number of benzene rings is 1. The number of para-hydroxylation sites is 1. The molecule has 1 saturated heterocycles. The van der Waals surface area contributed by atoms with Gasteiger partial charge in [-0.05, 0) is 39.8 Å². The highest BCUT2D eigenvalue weighted by Crippen LogP contribution is 2.46. The molecule has 1 aromatic carbocycles. The smallest absolute Gasteiger partial charge is 0.459 e. The van der Waals surface area contributed by atoms with Crippen LogP contribution < -0.4 is 26.6 Å². The lowest BCUT2D eigenvalue weighted by Crippen LogP contribution is -2.52. The minimum Gasteiger partial charge on any atom is -0.462 e. The summed E-state index contributed by atoms with van der Waals surface area (Å²) in [4.78, 5) is 35.1. The molecule has 15 nitrogen and oxygen atoms in total. The van der Waals surface area contributed by atoms with E-state index in [1.54, 1.807) is 44.2 Å². The number of nitrogens with two attached hydrogens (primary N) is 2. The van der Waals surface area contributed by atoms with Crippen molar-refractivity contribution in [1.29, 1.82) is 0 Å². The van der Waals surface area contributed by atoms with Crippen molar-refractivity contribution in [2.75, 3.05) is 12.3 Å². The van der Waals surface area contributed by atoms with Gasteiger partial charge < -0.3 is 30.6 Å². The Morgan fingerprint density at radius 2 is 2.03 bits per heavy atom. The van der Waals surface area contributed by atoms with Crippen molar-refractivity contribution < 1.29 is 33.0 Å². The van der Waals surface area contributed by atoms with Gasteiger partial charge in [-0.3, -0.25) is 23.7 Å². The van der Waals surface area contributed by atoms with Crippen molar-refractivity contribution in [2.24, 2.45) is 5.73 Å². The van der Waals surface area contributed by atoms with Gasteiger partial charge in [0.05, 0.1) is 24.6 Å². The summed E-state index contributed by atoms with van der Waals surface area (Å²) < 4.78 is 37.6. The molecule has 2 aromatic heterocycles. The normalized spacial score (nSPS) is 25.5. The number of carbonyl (C=O) groups excluding carboxylic acids is 1. The Labute approximate surface area is 223 Å². The second-order valence-corrected chi connectivity index (χ2v) is 11.3. The summed E-state index contributed by atoms with van der Waals surface area (Å²) in [5.41, 5.74) is 10.3. The van der Waals surface area contributed by atoms with Crippen LogP contribution >= 0.6 is 7.75 Å². The summed E-state index contributed by atoms with van der Waals surface area (Å²) in [6.45, 7) is 5.91. The molecule has 0 bridgehead atoms. The average molecular weight is 566 g/mol. The van der Waals surface area contributed by atoms with E-state index in [1.807, 2.05) is 0 Å². The maximum atomic E-state index is 13.8. The first-order chi connectivity index (χ1) is 18.3. The van der Waals surface area contributed by atoms with Crippen molar-refractivity contribution >= 4 is 30.8 Å². The standard InChI is InChI=1S/C23H32N7O8P/c1-12(2)36-20(33)13(3)29-39(34,38-14-8-6-5-7-9-14)35-10-15-17(31)23(4,25)21(37-15)30-11-26-16-18(30)27-22(24)28-19(16)32/h5-9,11-13,15,17,21,31H,10,25H2,1-4H3,(H,29,34)(H3,24,27,28,32)/t13-,15-,17-,21-,23-,39-/m1/s1. The molecule has 1 aliphatic rings. The van der Waals surface area contributed by atoms with Crippen molar-refractivity contribution in [1.82, 2.24) is 24.6 Å². The fraction of sp³-hybridized carbons (Fsp3) is 0.478. The van der Waals surface area contributed by atoms with Crippen LogP contribution in [-0.4, -0.2) is 67.1 Å². The maximum absolute atomic E-state index is 13.8. The molecule has 3 heterocycles. The summed E-state index contributed by atoms with van der Waals surface area (Å²) in [6.07, 6.45) is -2.58. The molecule has 0 amide bonds. The van der Waals surface area contributed by atoms with E-state index >= 15 is 0 Å². The Balaban J connectivity index is 1.56. The minimum absolute atomic E-state index is 0.00465. The van der Waals surface area contributed by atoms with Crippen molar-refractivity contribution in [3.8, 4) is 5.75 Å². The molecular weight excluding hydrogens is 533 g/mol. The van der Waals surface area contributed by atoms with Crippen molar-refractivity contribution in [3.63, 3.8) is 0 Å². The number of aromatic nitrogens is 4. The van der Waals surface area contributed by atoms with E-state index in [1.165, 1.54) is 24.7 Å². The molecule has 1 aliphatic heterocycles. The molecule has 3 aromatic rings. The molecule has 212 valence electrons. The number of imidazole rings is 1. The Kier molecular flexibility index (Phi) is 8.12. The van der Waals surface area contributed by atoms with Crippen LogP contribution in [0.5, 0.6) is 5.75 Å². The van der Waals surface area contributed by atoms with Crippen LogP contribution in [0.4, 0.5) is 5.95 Å². The zero-order valence-corrected chi connectivity index (χ0v) is 22.7. The number of ether oxygens (including phenoxy) is 2. The van der Waals surface area contributed by atoms with Crippen LogP contribution in [0, 0.1) is 0 Å². The number of aliphatic hydroxyl groups is 1. The molecular formula is C23H32N7O8P. The van der Waals surface area contributed by atoms with E-state index in [9.17, 15) is 19.3 Å². The number of esters is 1. The number of anilines is 1. The number of aromatic amines is 1. The van der Waals surface area contributed by atoms with E-state index in [0.717, 1.165) is 0 Å². The van der Waals surface area contributed by atoms with Gasteiger partial charge in [-0.15, -0.1) is 0 Å². The SMILES string of the molecule is CC(C)OC(=O)[C@@H](C)N[P@@](=O)(OC[C@H]1O[C@@H](n2cnc3c(=O)[nH]c(N)nc32)[C@](C)(N)[C@@H]1O)Oc1ccccc1. The van der Waals surface area contributed by atoms with Crippen molar-refractivity contribution in [2.45, 2.75) is 63.8 Å². The molecule has 0 saturated carbocycles. The van der Waals surface area contributed by atoms with Gasteiger partial charge >= 0.3 is 13.7 Å². The van der Waals surface area contributed by atoms with Crippen LogP contribution in [0.2, 0.25) is 0 Å². The van der Waals surface area contributed by atoms with E-state index in [2.05, 4.69) is 20.0 Å². The molecule has 39 heavy (non-hydrogen) atoms. The molecule has 0 aliphatic carbocycles. The Morgan fingerprint density at radius 3 is 2.69 bits per heavy atom. The predicted molar refractivity (Wildman–Crippen MR) is 140 cm³/mol. The zero-order chi connectivity index (χ0) is 28.5. The second-order valence-electron chi connectivity index (χ2n) is 9.65. The van der Waals surface area contributed by atoms with E-state index in [4.69, 9.17) is 30.0 Å². The quantitative estimate of drug-likeness (QED) is 0.170. The first-order valence-electron chi connectivity index (χ1n) is 12.1. The molecule has 0 unspecified atom stereocenters. The summed E-state index contributed by atoms with van der Waals surface area (Å²) in [5, 5.41) is 13.6. The number of hydrogen-bond acceptors (Lipinski definition) is 12. The topological polar surface area (TPSA) is 219 Å². The summed E-state index contributed by atoms with van der Waals surface area (Å²) in [6, 6.07) is 7.16. The number of hydrogen-bond donors (Lipinski definition) is 5. The highest BCUT2D eigenvalue weighted by Gasteiger charge is 2.53. The third kappa shape index (κ3) is 6.13. The molecule has 16 heteroatoms. The lowest BCUT2D eigenvalue weighted by molar-refractivity contribution is -0.149. The van der Waals surface area contributed by atoms with E-state index in [-0.39, 0.29) is 22.9 Å². The van der Waals surface area contributed by atoms with Gasteiger partial charge in [-0.1, -0.05) is 18.2 Å². The van der Waals surface area contributed by atoms with Gasteiger partial charge in [-0.2, -0.15) is 10.1 Å². The highest BCUT2D eigenvalue weighted by molar-refractivity contribution is 7.52. The predicted octanol–water partition coefficient (Wildman–Crippen LogP) is 0.811. The first kappa shape index (κ1) is 28.7. The van der Waals surface area contributed by atoms with E-state index in [0.29, 0.717) is 0 Å². The van der Waals surface area contributed by atoms with Crippen LogP contribution in [0.15, 0.2) is 41.5 Å². The number of H-pyrrole nitrogens is 1. The Morgan fingerprint density at radius 1 is 1.33 bits per heavy atom. The third-order valence-electron chi connectivity index (χ3n) is 5.96. The number of fused-ring (bicyclic) bond motifs is 1. The van der Waals surface area contributed by atoms with Crippen LogP contribution in [0.1, 0.15) is 33.9 Å². The number of nitrogens with zero attached hydrogens (tertiary/aromatic N) is 3. The summed E-state index contributed by atoms with van der Waals surface area (Å²) in [7, 11) is -4.22. The van der Waals surface area contributed by atoms with Crippen LogP contribution in [-0.2, 0) is 23.4 Å². The zero-order valence-electron chi connectivity index (χ0n) is 21.8. The largest absolute Gasteiger partial charge is 0.462 e. The fourth-order valence-electron chi connectivity index (χ4n) is 4.05. The number of rotatable bonds is 10. The number of aliphatic hydroxyl groups excluding tert-OH is 1. The lowest BCUT2D eigenvalue weighted by atomic mass is 9.93. The van der Waals surface area contributed by atoms with E-state index < -0.39 is 62.0 Å². The molecule has 0 radical (unpaired) electrons. The Bertz CT molecular complexity index is 1430. The summed E-state index contributed by atoms with van der Waals surface area (Å²) in [5.74, 6) is -0.585. The third-order valence-corrected chi connectivity index (χ3v) is 7.61. The molecule has 0 spiro atoms. The van der Waals surface area contributed by atoms with Gasteiger partial charge in [0.15, 0.2) is 17.4 Å². The van der Waals surface area contributed by atoms with Crippen molar-refractivity contribution in [3.05, 3.63) is 47.0 Å². The van der Waals surface area contributed by atoms with Gasteiger partial charge in [0, 0.05) is 0 Å². The second kappa shape index (κ2) is 11.0. The monoisotopic (exact) mass is 565 g/mol. The maximum Gasteiger partial charge on any atom is 0.459 e. The van der Waals surface area contributed by atoms with Crippen LogP contribution in [0.25, 0.3) is 11.2 Å². The van der Waals surface area contributed by atoms with Gasteiger partial charge in [0.1, 0.15) is 24.0 Å². The molecule has 7 N–H and O–H groups in total. The number of carbonyl (C=O) groups is 1. The minimum atomic E-state index is -4.22. The van der Waals surface area contributed by atoms with Gasteiger partial charge in [0.2, 0.25) is 5.95 Å². The van der Waals surface area contributed by atoms with Gasteiger partial charge in [0.25, 0.3) is 5.56 Å². The lowest BCUT2D eigenvalue weighted by Gasteiger charge is -2.28. The molecule has 6 atom stereocenters. The average Bonchev–Trinajstić information content (AvgIpc) is 3.36. The fourth-order valence-corrected chi connectivity index (χ4v) is 5.55. The van der Waals surface area contributed by atoms with Gasteiger partial charge in [-0.25, -0.2) is 9.55 Å². The molecule has 4 rings (SSSR count). The Hall–Kier alpha value is -3.33. The molecule has 1 fully saturated rings. The summed E-state index contributed by atoms with van der Waals surface area (Å²) >= 11 is 0. The number of nitrogen functional groups attached to an aromatic ring is 1.